The number of nitrogens with zero attached hydrogens (tertiary/aromatic N) is 5. The van der Waals surface area contributed by atoms with E-state index in [2.05, 4.69) is 67.6 Å². The molecule has 1 saturated heterocycles. The van der Waals surface area contributed by atoms with Crippen molar-refractivity contribution in [3.63, 3.8) is 0 Å². The molecule has 0 bridgehead atoms. The second-order valence-electron chi connectivity index (χ2n) is 7.53. The van der Waals surface area contributed by atoms with Crippen molar-refractivity contribution in [2.75, 3.05) is 26.2 Å². The lowest BCUT2D eigenvalue weighted by Gasteiger charge is -2.29. The molecular weight excluding hydrogens is 350 g/mol. The van der Waals surface area contributed by atoms with E-state index in [1.807, 2.05) is 0 Å². The minimum atomic E-state index is 0.366. The number of fused-ring (bicyclic) bond motifs is 1. The molecule has 2 aliphatic heterocycles. The van der Waals surface area contributed by atoms with Crippen molar-refractivity contribution in [2.24, 2.45) is 4.99 Å². The molecule has 1 unspecified atom stereocenters. The summed E-state index contributed by atoms with van der Waals surface area (Å²) in [6.45, 7) is 7.68. The van der Waals surface area contributed by atoms with Crippen LogP contribution >= 0.6 is 0 Å². The van der Waals surface area contributed by atoms with E-state index >= 15 is 0 Å². The van der Waals surface area contributed by atoms with Crippen molar-refractivity contribution in [2.45, 2.75) is 51.7 Å². The molecule has 2 aliphatic rings. The van der Waals surface area contributed by atoms with Gasteiger partial charge >= 0.3 is 0 Å². The van der Waals surface area contributed by atoms with E-state index in [9.17, 15) is 0 Å². The van der Waals surface area contributed by atoms with Gasteiger partial charge in [-0.05, 0) is 44.8 Å². The lowest BCUT2D eigenvalue weighted by Crippen LogP contribution is -2.42. The van der Waals surface area contributed by atoms with Crippen molar-refractivity contribution in [3.05, 3.63) is 47.5 Å². The predicted octanol–water partition coefficient (Wildman–Crippen LogP) is 2.12. The van der Waals surface area contributed by atoms with Crippen LogP contribution in [0.2, 0.25) is 0 Å². The van der Waals surface area contributed by atoms with Crippen LogP contribution in [0.3, 0.4) is 0 Å². The fraction of sp³-hybridized carbons (Fsp3) is 0.571. The smallest absolute Gasteiger partial charge is 0.191 e. The standard InChI is InChI=1S/C21H31N7/c1-2-22-21(24-16-20-26-25-19-11-8-14-28(19)20)23-15-18(27-12-6-7-13-27)17-9-4-3-5-10-17/h3-5,9-10,18H,2,6-8,11-16H2,1H3,(H2,22,23,24). The average Bonchev–Trinajstić information content (AvgIpc) is 3.46. The largest absolute Gasteiger partial charge is 0.357 e. The van der Waals surface area contributed by atoms with E-state index in [1.165, 1.54) is 31.5 Å². The van der Waals surface area contributed by atoms with Gasteiger partial charge in [0.25, 0.3) is 0 Å². The molecule has 7 heteroatoms. The maximum absolute atomic E-state index is 4.78. The molecule has 0 aliphatic carbocycles. The number of likely N-dealkylation sites (tertiary alicyclic amines) is 1. The third kappa shape index (κ3) is 4.35. The maximum Gasteiger partial charge on any atom is 0.191 e. The van der Waals surface area contributed by atoms with Gasteiger partial charge in [0.1, 0.15) is 12.4 Å². The Balaban J connectivity index is 1.43. The first-order valence-electron chi connectivity index (χ1n) is 10.6. The summed E-state index contributed by atoms with van der Waals surface area (Å²) < 4.78 is 2.21. The van der Waals surface area contributed by atoms with Gasteiger partial charge in [-0.25, -0.2) is 4.99 Å². The Morgan fingerprint density at radius 2 is 1.89 bits per heavy atom. The lowest BCUT2D eigenvalue weighted by molar-refractivity contribution is 0.245. The summed E-state index contributed by atoms with van der Waals surface area (Å²) in [5, 5.41) is 15.5. The van der Waals surface area contributed by atoms with E-state index in [0.717, 1.165) is 50.1 Å². The van der Waals surface area contributed by atoms with Gasteiger partial charge in [0.2, 0.25) is 0 Å². The molecule has 2 N–H and O–H groups in total. The molecule has 0 amide bonds. The number of aliphatic imine (C=N–C) groups is 1. The summed E-state index contributed by atoms with van der Waals surface area (Å²) in [7, 11) is 0. The molecule has 4 rings (SSSR count). The van der Waals surface area contributed by atoms with Gasteiger partial charge in [-0.1, -0.05) is 30.3 Å². The highest BCUT2D eigenvalue weighted by Gasteiger charge is 2.23. The Labute approximate surface area is 167 Å². The highest BCUT2D eigenvalue weighted by atomic mass is 15.3. The second-order valence-corrected chi connectivity index (χ2v) is 7.53. The Morgan fingerprint density at radius 1 is 1.07 bits per heavy atom. The first-order chi connectivity index (χ1) is 13.8. The van der Waals surface area contributed by atoms with Crippen LogP contribution < -0.4 is 10.6 Å². The summed E-state index contributed by atoms with van der Waals surface area (Å²) in [6.07, 6.45) is 4.77. The van der Waals surface area contributed by atoms with Crippen LogP contribution in [0.1, 0.15) is 49.4 Å². The molecule has 1 aromatic carbocycles. The average molecular weight is 382 g/mol. The lowest BCUT2D eigenvalue weighted by atomic mass is 10.1. The number of guanidine groups is 1. The highest BCUT2D eigenvalue weighted by Crippen LogP contribution is 2.24. The molecule has 1 aromatic heterocycles. The quantitative estimate of drug-likeness (QED) is 0.568. The topological polar surface area (TPSA) is 70.4 Å². The van der Waals surface area contributed by atoms with Crippen molar-refractivity contribution < 1.29 is 0 Å². The summed E-state index contributed by atoms with van der Waals surface area (Å²) in [6, 6.07) is 11.2. The Hall–Kier alpha value is -2.41. The first kappa shape index (κ1) is 18.9. The van der Waals surface area contributed by atoms with Gasteiger partial charge in [-0.2, -0.15) is 0 Å². The molecule has 0 spiro atoms. The zero-order chi connectivity index (χ0) is 19.2. The zero-order valence-corrected chi connectivity index (χ0v) is 16.8. The van der Waals surface area contributed by atoms with E-state index < -0.39 is 0 Å². The molecular formula is C21H31N7. The van der Waals surface area contributed by atoms with Gasteiger partial charge in [0, 0.05) is 26.1 Å². The summed E-state index contributed by atoms with van der Waals surface area (Å²) >= 11 is 0. The van der Waals surface area contributed by atoms with Crippen LogP contribution in [0.15, 0.2) is 35.3 Å². The zero-order valence-electron chi connectivity index (χ0n) is 16.8. The molecule has 0 radical (unpaired) electrons. The van der Waals surface area contributed by atoms with Gasteiger partial charge in [0.15, 0.2) is 11.8 Å². The normalized spacial score (nSPS) is 18.2. The fourth-order valence-corrected chi connectivity index (χ4v) is 4.20. The summed E-state index contributed by atoms with van der Waals surface area (Å²) in [4.78, 5) is 7.36. The number of rotatable bonds is 7. The van der Waals surface area contributed by atoms with Crippen molar-refractivity contribution in [1.82, 2.24) is 30.3 Å². The molecule has 150 valence electrons. The van der Waals surface area contributed by atoms with Crippen molar-refractivity contribution in [1.29, 1.82) is 0 Å². The van der Waals surface area contributed by atoms with Crippen LogP contribution in [0, 0.1) is 0 Å². The van der Waals surface area contributed by atoms with Crippen molar-refractivity contribution >= 4 is 5.96 Å². The Bertz CT molecular complexity index is 777. The third-order valence-corrected chi connectivity index (χ3v) is 5.64. The number of benzene rings is 1. The number of hydrogen-bond donors (Lipinski definition) is 2. The molecule has 0 saturated carbocycles. The summed E-state index contributed by atoms with van der Waals surface area (Å²) in [5.74, 6) is 2.91. The third-order valence-electron chi connectivity index (χ3n) is 5.64. The second kappa shape index (κ2) is 9.19. The van der Waals surface area contributed by atoms with Crippen LogP contribution in [0.5, 0.6) is 0 Å². The minimum absolute atomic E-state index is 0.366. The minimum Gasteiger partial charge on any atom is -0.357 e. The van der Waals surface area contributed by atoms with Gasteiger partial charge in [0.05, 0.1) is 6.04 Å². The van der Waals surface area contributed by atoms with Crippen LogP contribution in [-0.4, -0.2) is 51.8 Å². The van der Waals surface area contributed by atoms with Crippen LogP contribution in [0.25, 0.3) is 0 Å². The number of nitrogens with one attached hydrogen (secondary N) is 2. The Morgan fingerprint density at radius 3 is 2.68 bits per heavy atom. The SMILES string of the molecule is CCNC(=NCc1nnc2n1CCC2)NCC(c1ccccc1)N1CCCC1. The first-order valence-corrected chi connectivity index (χ1v) is 10.6. The maximum atomic E-state index is 4.78. The summed E-state index contributed by atoms with van der Waals surface area (Å²) in [5.41, 5.74) is 1.36. The molecule has 2 aromatic rings. The molecule has 1 fully saturated rings. The monoisotopic (exact) mass is 381 g/mol. The number of hydrogen-bond acceptors (Lipinski definition) is 4. The number of aryl methyl sites for hydroxylation is 1. The van der Waals surface area contributed by atoms with Crippen LogP contribution in [0.4, 0.5) is 0 Å². The van der Waals surface area contributed by atoms with Gasteiger partial charge in [-0.15, -0.1) is 10.2 Å². The van der Waals surface area contributed by atoms with Gasteiger partial charge < -0.3 is 15.2 Å². The van der Waals surface area contributed by atoms with E-state index in [-0.39, 0.29) is 0 Å². The van der Waals surface area contributed by atoms with Crippen LogP contribution in [-0.2, 0) is 19.5 Å². The molecule has 3 heterocycles. The predicted molar refractivity (Wildman–Crippen MR) is 111 cm³/mol. The van der Waals surface area contributed by atoms with E-state index in [1.54, 1.807) is 0 Å². The van der Waals surface area contributed by atoms with Gasteiger partial charge in [-0.3, -0.25) is 4.90 Å². The van der Waals surface area contributed by atoms with E-state index in [0.29, 0.717) is 12.6 Å². The van der Waals surface area contributed by atoms with Crippen molar-refractivity contribution in [3.8, 4) is 0 Å². The number of aromatic nitrogens is 3. The highest BCUT2D eigenvalue weighted by molar-refractivity contribution is 5.79. The molecule has 28 heavy (non-hydrogen) atoms. The fourth-order valence-electron chi connectivity index (χ4n) is 4.20. The molecule has 1 atom stereocenters. The molecule has 7 nitrogen and oxygen atoms in total. The van der Waals surface area contributed by atoms with E-state index in [4.69, 9.17) is 4.99 Å². The Kier molecular flexibility index (Phi) is 6.21.